The van der Waals surface area contributed by atoms with Crippen molar-refractivity contribution in [3.8, 4) is 22.3 Å². The molecule has 1 aromatic heterocycles. The number of allylic oxidation sites excluding steroid dienone is 2. The molecule has 4 aliphatic rings. The first-order valence-corrected chi connectivity index (χ1v) is 24.2. The maximum absolute atomic E-state index is 2.52. The summed E-state index contributed by atoms with van der Waals surface area (Å²) >= 11 is 1.91. The fraction of sp³-hybridized carbons (Fsp3) is 0.0938. The van der Waals surface area contributed by atoms with Gasteiger partial charge in [0, 0.05) is 26.1 Å². The molecule has 0 saturated heterocycles. The quantitative estimate of drug-likeness (QED) is 0.166. The average molecular weight is 843 g/mol. The summed E-state index contributed by atoms with van der Waals surface area (Å²) in [4.78, 5) is 0. The Labute approximate surface area is 380 Å². The van der Waals surface area contributed by atoms with Gasteiger partial charge in [-0.3, -0.25) is 0 Å². The lowest BCUT2D eigenvalue weighted by atomic mass is 9.70. The molecule has 10 aromatic carbocycles. The molecule has 11 aromatic rings. The van der Waals surface area contributed by atoms with Crippen molar-refractivity contribution in [1.82, 2.24) is 0 Å². The number of benzene rings is 10. The maximum Gasteiger partial charge on any atom is 0.0355 e. The molecular weight excluding hydrogens is 801 g/mol. The summed E-state index contributed by atoms with van der Waals surface area (Å²) < 4.78 is 2.68. The second-order valence-corrected chi connectivity index (χ2v) is 20.0. The van der Waals surface area contributed by atoms with Crippen molar-refractivity contribution >= 4 is 98.4 Å². The van der Waals surface area contributed by atoms with E-state index in [2.05, 4.69) is 200 Å². The third kappa shape index (κ3) is 5.31. The van der Waals surface area contributed by atoms with Gasteiger partial charge in [-0.15, -0.1) is 11.3 Å². The average Bonchev–Trinajstić information content (AvgIpc) is 3.74. The third-order valence-corrected chi connectivity index (χ3v) is 16.8. The molecule has 0 aliphatic heterocycles. The van der Waals surface area contributed by atoms with Gasteiger partial charge in [0.25, 0.3) is 0 Å². The Balaban J connectivity index is 0.858. The summed E-state index contributed by atoms with van der Waals surface area (Å²) in [7, 11) is 0. The van der Waals surface area contributed by atoms with Crippen LogP contribution in [0.4, 0.5) is 0 Å². The Morgan fingerprint density at radius 1 is 0.415 bits per heavy atom. The monoisotopic (exact) mass is 842 g/mol. The molecule has 0 N–H and O–H groups in total. The summed E-state index contributed by atoms with van der Waals surface area (Å²) in [6.45, 7) is 0. The molecule has 4 aliphatic carbocycles. The van der Waals surface area contributed by atoms with Crippen LogP contribution in [-0.2, 0) is 0 Å². The van der Waals surface area contributed by atoms with Gasteiger partial charge >= 0.3 is 0 Å². The molecule has 65 heavy (non-hydrogen) atoms. The highest BCUT2D eigenvalue weighted by Crippen LogP contribution is 2.46. The lowest BCUT2D eigenvalue weighted by Gasteiger charge is -2.34. The Kier molecular flexibility index (Phi) is 7.54. The van der Waals surface area contributed by atoms with Crippen LogP contribution < -0.4 is 20.9 Å². The van der Waals surface area contributed by atoms with E-state index in [-0.39, 0.29) is 0 Å². The molecule has 0 nitrogen and oxygen atoms in total. The third-order valence-electron chi connectivity index (χ3n) is 15.7. The van der Waals surface area contributed by atoms with Crippen molar-refractivity contribution in [2.24, 2.45) is 0 Å². The van der Waals surface area contributed by atoms with Gasteiger partial charge in [-0.2, -0.15) is 0 Å². The second-order valence-electron chi connectivity index (χ2n) is 18.9. The summed E-state index contributed by atoms with van der Waals surface area (Å²) in [5.74, 6) is 1.32. The zero-order chi connectivity index (χ0) is 42.3. The number of rotatable bonds is 4. The number of fused-ring (bicyclic) bond motifs is 5. The minimum Gasteiger partial charge on any atom is -0.135 e. The van der Waals surface area contributed by atoms with Crippen molar-refractivity contribution in [2.45, 2.75) is 37.0 Å². The second kappa shape index (κ2) is 13.6. The number of hydrogen-bond acceptors (Lipinski definition) is 1. The SMILES string of the molecule is C1=CC2CC=c3c(-c4ccc5ccccc5c4)ccc4ccc(c2c34)=C1c1ccc2sc3ccc(-c4ccc5c6c7c(ccc46)=CCC(c4ccc6ccccc6c4)C7CC=5)cc3c2c1. The van der Waals surface area contributed by atoms with Crippen LogP contribution in [0.3, 0.4) is 0 Å². The van der Waals surface area contributed by atoms with E-state index in [4.69, 9.17) is 0 Å². The molecule has 304 valence electrons. The number of hydrogen-bond donors (Lipinski definition) is 0. The van der Waals surface area contributed by atoms with Crippen LogP contribution in [0, 0.1) is 0 Å². The van der Waals surface area contributed by atoms with Crippen LogP contribution in [0.15, 0.2) is 182 Å². The van der Waals surface area contributed by atoms with Crippen LogP contribution >= 0.6 is 11.3 Å². The fourth-order valence-electron chi connectivity index (χ4n) is 12.6. The molecule has 0 fully saturated rings. The van der Waals surface area contributed by atoms with Crippen molar-refractivity contribution in [1.29, 1.82) is 0 Å². The van der Waals surface area contributed by atoms with Crippen LogP contribution in [0.1, 0.15) is 59.3 Å². The molecule has 15 rings (SSSR count). The predicted octanol–water partition coefficient (Wildman–Crippen LogP) is 14.3. The van der Waals surface area contributed by atoms with Crippen LogP contribution in [-0.4, -0.2) is 0 Å². The minimum atomic E-state index is 0.382. The summed E-state index contributed by atoms with van der Waals surface area (Å²) in [6.07, 6.45) is 15.6. The van der Waals surface area contributed by atoms with Crippen LogP contribution in [0.25, 0.3) is 109 Å². The molecule has 0 spiro atoms. The first-order chi connectivity index (χ1) is 32.2. The van der Waals surface area contributed by atoms with Gasteiger partial charge in [0.15, 0.2) is 0 Å². The predicted molar refractivity (Wildman–Crippen MR) is 279 cm³/mol. The molecule has 0 saturated carbocycles. The lowest BCUT2D eigenvalue weighted by molar-refractivity contribution is 0.552. The molecule has 0 amide bonds. The van der Waals surface area contributed by atoms with E-state index >= 15 is 0 Å². The fourth-order valence-corrected chi connectivity index (χ4v) is 13.7. The Hall–Kier alpha value is -7.32. The van der Waals surface area contributed by atoms with E-state index in [9.17, 15) is 0 Å². The first kappa shape index (κ1) is 36.1. The van der Waals surface area contributed by atoms with Crippen molar-refractivity contribution < 1.29 is 0 Å². The van der Waals surface area contributed by atoms with E-state index in [1.165, 1.54) is 129 Å². The smallest absolute Gasteiger partial charge is 0.0355 e. The molecule has 0 radical (unpaired) electrons. The summed E-state index contributed by atoms with van der Waals surface area (Å²) in [6, 6.07) is 65.1. The highest BCUT2D eigenvalue weighted by Gasteiger charge is 2.31. The summed E-state index contributed by atoms with van der Waals surface area (Å²) in [5, 5.41) is 19.1. The molecule has 0 bridgehead atoms. The molecule has 1 heteroatoms. The van der Waals surface area contributed by atoms with Gasteiger partial charge in [0.05, 0.1) is 0 Å². The van der Waals surface area contributed by atoms with Gasteiger partial charge in [-0.1, -0.05) is 170 Å². The van der Waals surface area contributed by atoms with E-state index in [0.717, 1.165) is 19.3 Å². The van der Waals surface area contributed by atoms with Gasteiger partial charge in [-0.25, -0.2) is 0 Å². The van der Waals surface area contributed by atoms with Gasteiger partial charge in [0.1, 0.15) is 0 Å². The summed E-state index contributed by atoms with van der Waals surface area (Å²) in [5.41, 5.74) is 12.4. The molecule has 3 unspecified atom stereocenters. The zero-order valence-corrected chi connectivity index (χ0v) is 36.6. The zero-order valence-electron chi connectivity index (χ0n) is 35.8. The maximum atomic E-state index is 2.52. The molecular formula is C64H42S. The van der Waals surface area contributed by atoms with Gasteiger partial charge < -0.3 is 0 Å². The number of thiophene rings is 1. The topological polar surface area (TPSA) is 0 Å². The van der Waals surface area contributed by atoms with E-state index in [1.807, 2.05) is 11.3 Å². The highest BCUT2D eigenvalue weighted by molar-refractivity contribution is 7.25. The Morgan fingerprint density at radius 3 is 1.94 bits per heavy atom. The van der Waals surface area contributed by atoms with Crippen LogP contribution in [0.5, 0.6) is 0 Å². The van der Waals surface area contributed by atoms with Crippen molar-refractivity contribution in [2.75, 3.05) is 0 Å². The van der Waals surface area contributed by atoms with Crippen LogP contribution in [0.2, 0.25) is 0 Å². The van der Waals surface area contributed by atoms with E-state index in [1.54, 1.807) is 5.56 Å². The van der Waals surface area contributed by atoms with Crippen molar-refractivity contribution in [3.05, 3.63) is 225 Å². The van der Waals surface area contributed by atoms with Gasteiger partial charge in [-0.05, 0) is 175 Å². The lowest BCUT2D eigenvalue weighted by Crippen LogP contribution is -2.29. The first-order valence-electron chi connectivity index (χ1n) is 23.4. The standard InChI is InChI=1S/C64H42S/c1-3-7-43-33-45(11-9-37(43)5-1)49-23-13-39-19-29-55-51(25-15-41-17-27-53(49)61(39)63(41)55)47-21-31-59-57(35-47)58-36-48(22-32-60(58)65-59)52-26-16-42-18-28-54-50(24-14-40-20-30-56(52)64(42)62(40)54)46-12-10-38-6-2-4-8-44(38)34-46/h1-17,19-22,24-26,28-36,42,49,53H,18,23,27H2. The molecule has 3 atom stereocenters. The Morgan fingerprint density at radius 2 is 1.08 bits per heavy atom. The highest BCUT2D eigenvalue weighted by atomic mass is 32.1. The molecule has 1 heterocycles. The van der Waals surface area contributed by atoms with E-state index < -0.39 is 0 Å². The van der Waals surface area contributed by atoms with E-state index in [0.29, 0.717) is 17.8 Å². The minimum absolute atomic E-state index is 0.382. The largest absolute Gasteiger partial charge is 0.135 e. The van der Waals surface area contributed by atoms with Gasteiger partial charge in [0.2, 0.25) is 0 Å². The Bertz CT molecular complexity index is 4230. The van der Waals surface area contributed by atoms with Crippen molar-refractivity contribution in [3.63, 3.8) is 0 Å². The normalized spacial score (nSPS) is 18.1.